The molecule has 2 fully saturated rings. The van der Waals surface area contributed by atoms with E-state index >= 15 is 0 Å². The number of aromatic nitrogens is 2. The fourth-order valence-electron chi connectivity index (χ4n) is 2.62. The molecular weight excluding hydrogens is 250 g/mol. The molecular formula is C16H19N3O. The minimum absolute atomic E-state index is 0.617. The molecule has 1 saturated heterocycles. The van der Waals surface area contributed by atoms with E-state index in [0.29, 0.717) is 6.04 Å². The smallest absolute Gasteiger partial charge is 0.143 e. The molecule has 104 valence electrons. The first-order valence-electron chi connectivity index (χ1n) is 7.34. The molecule has 1 saturated carbocycles. The van der Waals surface area contributed by atoms with E-state index in [1.807, 2.05) is 29.0 Å². The van der Waals surface area contributed by atoms with Gasteiger partial charge in [0.1, 0.15) is 12.4 Å². The van der Waals surface area contributed by atoms with Crippen LogP contribution >= 0.6 is 0 Å². The van der Waals surface area contributed by atoms with Gasteiger partial charge in [-0.2, -0.15) is 0 Å². The maximum absolute atomic E-state index is 6.03. The summed E-state index contributed by atoms with van der Waals surface area (Å²) in [5.41, 5.74) is 1.05. The Hall–Kier alpha value is -1.81. The first-order valence-corrected chi connectivity index (χ1v) is 7.34. The topological polar surface area (TPSA) is 30.1 Å². The summed E-state index contributed by atoms with van der Waals surface area (Å²) in [5, 5.41) is 0. The van der Waals surface area contributed by atoms with Crippen molar-refractivity contribution in [1.29, 1.82) is 0 Å². The molecule has 1 aliphatic heterocycles. The maximum Gasteiger partial charge on any atom is 0.143 e. The standard InChI is InChI=1S/C16H19N3O/c1-2-4-16(15(3-1)18-8-7-17-12-18)20-11-14-10-19(14)9-13-5-6-13/h1-4,7-8,12-14H,5-6,9-11H2. The van der Waals surface area contributed by atoms with Gasteiger partial charge in [-0.3, -0.25) is 4.90 Å². The summed E-state index contributed by atoms with van der Waals surface area (Å²) < 4.78 is 8.02. The number of benzene rings is 1. The third-order valence-corrected chi connectivity index (χ3v) is 4.10. The highest BCUT2D eigenvalue weighted by Crippen LogP contribution is 2.34. The second kappa shape index (κ2) is 4.94. The number of para-hydroxylation sites is 2. The Labute approximate surface area is 119 Å². The fraction of sp³-hybridized carbons (Fsp3) is 0.438. The van der Waals surface area contributed by atoms with Crippen molar-refractivity contribution in [3.8, 4) is 11.4 Å². The van der Waals surface area contributed by atoms with Crippen LogP contribution in [0.15, 0.2) is 43.0 Å². The molecule has 2 aliphatic rings. The molecule has 0 bridgehead atoms. The summed E-state index contributed by atoms with van der Waals surface area (Å²) in [6, 6.07) is 8.75. The molecule has 0 amide bonds. The Morgan fingerprint density at radius 1 is 1.25 bits per heavy atom. The summed E-state index contributed by atoms with van der Waals surface area (Å²) in [7, 11) is 0. The van der Waals surface area contributed by atoms with E-state index < -0.39 is 0 Å². The third-order valence-electron chi connectivity index (χ3n) is 4.10. The third kappa shape index (κ3) is 2.56. The summed E-state index contributed by atoms with van der Waals surface area (Å²) >= 11 is 0. The Morgan fingerprint density at radius 3 is 2.95 bits per heavy atom. The van der Waals surface area contributed by atoms with Crippen molar-refractivity contribution in [2.75, 3.05) is 19.7 Å². The Balaban J connectivity index is 1.39. The van der Waals surface area contributed by atoms with E-state index in [1.54, 1.807) is 12.5 Å². The zero-order chi connectivity index (χ0) is 13.4. The molecule has 0 N–H and O–H groups in total. The molecule has 0 spiro atoms. The highest BCUT2D eigenvalue weighted by Gasteiger charge is 2.38. The van der Waals surface area contributed by atoms with Crippen LogP contribution in [0.1, 0.15) is 12.8 Å². The van der Waals surface area contributed by atoms with Gasteiger partial charge in [-0.15, -0.1) is 0 Å². The summed E-state index contributed by atoms with van der Waals surface area (Å²) in [6.07, 6.45) is 8.38. The molecule has 1 aliphatic carbocycles. The lowest BCUT2D eigenvalue weighted by Crippen LogP contribution is -2.13. The number of hydrogen-bond acceptors (Lipinski definition) is 3. The van der Waals surface area contributed by atoms with Gasteiger partial charge in [0.05, 0.1) is 18.1 Å². The largest absolute Gasteiger partial charge is 0.490 e. The van der Waals surface area contributed by atoms with Crippen molar-refractivity contribution in [3.63, 3.8) is 0 Å². The minimum Gasteiger partial charge on any atom is -0.490 e. The molecule has 2 unspecified atom stereocenters. The quantitative estimate of drug-likeness (QED) is 0.754. The first kappa shape index (κ1) is 12.0. The van der Waals surface area contributed by atoms with Crippen LogP contribution in [-0.2, 0) is 0 Å². The zero-order valence-electron chi connectivity index (χ0n) is 11.5. The normalized spacial score (nSPS) is 24.6. The van der Waals surface area contributed by atoms with E-state index in [9.17, 15) is 0 Å². The van der Waals surface area contributed by atoms with E-state index in [2.05, 4.69) is 16.0 Å². The van der Waals surface area contributed by atoms with Crippen LogP contribution in [0.3, 0.4) is 0 Å². The summed E-state index contributed by atoms with van der Waals surface area (Å²) in [4.78, 5) is 6.62. The van der Waals surface area contributed by atoms with Crippen molar-refractivity contribution in [1.82, 2.24) is 14.5 Å². The van der Waals surface area contributed by atoms with Gasteiger partial charge < -0.3 is 9.30 Å². The van der Waals surface area contributed by atoms with Crippen molar-refractivity contribution in [3.05, 3.63) is 43.0 Å². The summed E-state index contributed by atoms with van der Waals surface area (Å²) in [5.74, 6) is 1.90. The minimum atomic E-state index is 0.617. The van der Waals surface area contributed by atoms with E-state index in [1.165, 1.54) is 25.9 Å². The molecule has 2 atom stereocenters. The number of rotatable bonds is 6. The molecule has 1 aromatic heterocycles. The lowest BCUT2D eigenvalue weighted by atomic mass is 10.3. The molecule has 20 heavy (non-hydrogen) atoms. The number of nitrogens with zero attached hydrogens (tertiary/aromatic N) is 3. The monoisotopic (exact) mass is 269 g/mol. The van der Waals surface area contributed by atoms with Crippen LogP contribution in [0.2, 0.25) is 0 Å². The first-order chi connectivity index (χ1) is 9.90. The predicted molar refractivity (Wildman–Crippen MR) is 77.1 cm³/mol. The van der Waals surface area contributed by atoms with Crippen molar-refractivity contribution < 1.29 is 4.74 Å². The van der Waals surface area contributed by atoms with Crippen LogP contribution < -0.4 is 4.74 Å². The van der Waals surface area contributed by atoms with Gasteiger partial charge >= 0.3 is 0 Å². The average molecular weight is 269 g/mol. The van der Waals surface area contributed by atoms with Gasteiger partial charge in [0.2, 0.25) is 0 Å². The molecule has 4 nitrogen and oxygen atoms in total. The average Bonchev–Trinajstić information content (AvgIpc) is 3.38. The van der Waals surface area contributed by atoms with E-state index in [-0.39, 0.29) is 0 Å². The lowest BCUT2D eigenvalue weighted by molar-refractivity contribution is 0.291. The van der Waals surface area contributed by atoms with Gasteiger partial charge in [-0.1, -0.05) is 12.1 Å². The van der Waals surface area contributed by atoms with Crippen LogP contribution in [0, 0.1) is 5.92 Å². The molecule has 1 aromatic carbocycles. The van der Waals surface area contributed by atoms with Crippen LogP contribution in [0.25, 0.3) is 5.69 Å². The van der Waals surface area contributed by atoms with Gasteiger partial charge in [-0.05, 0) is 30.9 Å². The van der Waals surface area contributed by atoms with Gasteiger partial charge in [-0.25, -0.2) is 4.98 Å². The highest BCUT2D eigenvalue weighted by atomic mass is 16.5. The van der Waals surface area contributed by atoms with Gasteiger partial charge in [0.25, 0.3) is 0 Å². The second-order valence-electron chi connectivity index (χ2n) is 5.80. The fourth-order valence-corrected chi connectivity index (χ4v) is 2.62. The number of ether oxygens (including phenoxy) is 1. The SMILES string of the molecule is c1ccc(-n2ccnc2)c(OCC2CN2CC2CC2)c1. The predicted octanol–water partition coefficient (Wildman–Crippen LogP) is 2.35. The Morgan fingerprint density at radius 2 is 2.15 bits per heavy atom. The van der Waals surface area contributed by atoms with Crippen molar-refractivity contribution in [2.24, 2.45) is 5.92 Å². The summed E-state index contributed by atoms with van der Waals surface area (Å²) in [6.45, 7) is 3.26. The second-order valence-corrected chi connectivity index (χ2v) is 5.80. The van der Waals surface area contributed by atoms with Crippen LogP contribution in [0.4, 0.5) is 0 Å². The van der Waals surface area contributed by atoms with Crippen molar-refractivity contribution >= 4 is 0 Å². The maximum atomic E-state index is 6.03. The van der Waals surface area contributed by atoms with Crippen LogP contribution in [0.5, 0.6) is 5.75 Å². The van der Waals surface area contributed by atoms with E-state index in [0.717, 1.165) is 24.0 Å². The van der Waals surface area contributed by atoms with Gasteiger partial charge in [0, 0.05) is 25.5 Å². The molecule has 4 rings (SSSR count). The lowest BCUT2D eigenvalue weighted by Gasteiger charge is -2.11. The van der Waals surface area contributed by atoms with E-state index in [4.69, 9.17) is 4.74 Å². The van der Waals surface area contributed by atoms with Crippen molar-refractivity contribution in [2.45, 2.75) is 18.9 Å². The highest BCUT2D eigenvalue weighted by molar-refractivity contribution is 5.46. The zero-order valence-corrected chi connectivity index (χ0v) is 11.5. The van der Waals surface area contributed by atoms with Gasteiger partial charge in [0.15, 0.2) is 0 Å². The molecule has 2 heterocycles. The van der Waals surface area contributed by atoms with Crippen LogP contribution in [-0.4, -0.2) is 40.2 Å². The molecule has 0 radical (unpaired) electrons. The Bertz CT molecular complexity index is 577. The Kier molecular flexibility index (Phi) is 2.96. The molecule has 2 aromatic rings. The number of hydrogen-bond donors (Lipinski definition) is 0. The number of imidazole rings is 1. The molecule has 4 heteroatoms.